The minimum Gasteiger partial charge on any atom is -0.503 e. The van der Waals surface area contributed by atoms with Gasteiger partial charge in [-0.15, -0.1) is 0 Å². The molecule has 0 radical (unpaired) electrons. The van der Waals surface area contributed by atoms with Crippen LogP contribution in [0, 0.1) is 6.92 Å². The van der Waals surface area contributed by atoms with Crippen LogP contribution in [0.25, 0.3) is 0 Å². The highest BCUT2D eigenvalue weighted by Gasteiger charge is 2.21. The summed E-state index contributed by atoms with van der Waals surface area (Å²) in [6.45, 7) is 5.23. The zero-order valence-corrected chi connectivity index (χ0v) is 8.61. The van der Waals surface area contributed by atoms with Crippen LogP contribution in [-0.2, 0) is 5.54 Å². The van der Waals surface area contributed by atoms with Crippen molar-refractivity contribution in [2.24, 2.45) is 0 Å². The Hall–Kier alpha value is -1.29. The molecular weight excluding hydrogens is 182 g/mol. The summed E-state index contributed by atoms with van der Waals surface area (Å²) in [7, 11) is 0. The summed E-state index contributed by atoms with van der Waals surface area (Å²) >= 11 is 0. The first-order valence-electron chi connectivity index (χ1n) is 4.42. The third-order valence-electron chi connectivity index (χ3n) is 2.35. The molecule has 78 valence electrons. The Kier molecular flexibility index (Phi) is 2.66. The van der Waals surface area contributed by atoms with Crippen molar-refractivity contribution in [3.8, 4) is 5.75 Å². The first-order chi connectivity index (χ1) is 6.40. The minimum atomic E-state index is -0.519. The second-order valence-electron chi connectivity index (χ2n) is 3.95. The van der Waals surface area contributed by atoms with E-state index in [1.165, 1.54) is 6.07 Å². The van der Waals surface area contributed by atoms with Gasteiger partial charge >= 0.3 is 0 Å². The number of aliphatic hydroxyl groups excluding tert-OH is 1. The highest BCUT2D eigenvalue weighted by atomic mass is 16.3. The third-order valence-corrected chi connectivity index (χ3v) is 2.35. The van der Waals surface area contributed by atoms with E-state index in [4.69, 9.17) is 5.11 Å². The lowest BCUT2D eigenvalue weighted by molar-refractivity contribution is 0.160. The molecule has 0 fully saturated rings. The number of hydrogen-bond acceptors (Lipinski definition) is 3. The fourth-order valence-corrected chi connectivity index (χ4v) is 1.36. The number of aliphatic hydroxyl groups is 1. The van der Waals surface area contributed by atoms with Crippen LogP contribution in [-0.4, -0.2) is 21.4 Å². The Balaban J connectivity index is 3.39. The van der Waals surface area contributed by atoms with E-state index < -0.39 is 11.0 Å². The van der Waals surface area contributed by atoms with Crippen LogP contribution in [0.15, 0.2) is 17.1 Å². The quantitative estimate of drug-likeness (QED) is 0.729. The van der Waals surface area contributed by atoms with Crippen molar-refractivity contribution in [1.29, 1.82) is 0 Å². The Bertz CT molecular complexity index is 393. The molecule has 4 heteroatoms. The Labute approximate surface area is 82.4 Å². The van der Waals surface area contributed by atoms with Crippen molar-refractivity contribution in [2.75, 3.05) is 6.61 Å². The summed E-state index contributed by atoms with van der Waals surface area (Å²) in [4.78, 5) is 11.1. The van der Waals surface area contributed by atoms with Gasteiger partial charge in [-0.2, -0.15) is 0 Å². The van der Waals surface area contributed by atoms with Crippen LogP contribution in [0.4, 0.5) is 0 Å². The molecule has 1 aromatic rings. The summed E-state index contributed by atoms with van der Waals surface area (Å²) < 4.78 is 1.68. The van der Waals surface area contributed by atoms with Crippen molar-refractivity contribution in [2.45, 2.75) is 26.3 Å². The summed E-state index contributed by atoms with van der Waals surface area (Å²) in [5.74, 6) is -0.256. The van der Waals surface area contributed by atoms with E-state index in [1.54, 1.807) is 17.7 Å². The average molecular weight is 197 g/mol. The van der Waals surface area contributed by atoms with Crippen LogP contribution in [0.1, 0.15) is 19.5 Å². The molecule has 0 aliphatic rings. The maximum Gasteiger partial charge on any atom is 0.223 e. The predicted molar refractivity (Wildman–Crippen MR) is 53.5 cm³/mol. The van der Waals surface area contributed by atoms with Gasteiger partial charge in [0.1, 0.15) is 0 Å². The van der Waals surface area contributed by atoms with Crippen molar-refractivity contribution in [3.63, 3.8) is 0 Å². The Morgan fingerprint density at radius 1 is 1.50 bits per heavy atom. The topological polar surface area (TPSA) is 62.5 Å². The van der Waals surface area contributed by atoms with Gasteiger partial charge in [-0.25, -0.2) is 0 Å². The maximum absolute atomic E-state index is 11.1. The van der Waals surface area contributed by atoms with E-state index in [9.17, 15) is 9.90 Å². The van der Waals surface area contributed by atoms with Gasteiger partial charge in [0, 0.05) is 12.3 Å². The van der Waals surface area contributed by atoms with Gasteiger partial charge in [0.25, 0.3) is 0 Å². The van der Waals surface area contributed by atoms with Crippen LogP contribution in [0.3, 0.4) is 0 Å². The van der Waals surface area contributed by atoms with Gasteiger partial charge in [0.15, 0.2) is 5.75 Å². The van der Waals surface area contributed by atoms with Crippen LogP contribution >= 0.6 is 0 Å². The summed E-state index contributed by atoms with van der Waals surface area (Å²) in [5, 5.41) is 18.6. The molecule has 0 aliphatic carbocycles. The predicted octanol–water partition coefficient (Wildman–Crippen LogP) is 0.590. The number of aromatic nitrogens is 1. The smallest absolute Gasteiger partial charge is 0.223 e. The van der Waals surface area contributed by atoms with Crippen molar-refractivity contribution < 1.29 is 10.2 Å². The molecule has 0 aromatic carbocycles. The molecule has 0 atom stereocenters. The average Bonchev–Trinajstić information content (AvgIpc) is 2.14. The van der Waals surface area contributed by atoms with Gasteiger partial charge in [0.05, 0.1) is 17.8 Å². The van der Waals surface area contributed by atoms with E-state index in [-0.39, 0.29) is 12.4 Å². The first-order valence-corrected chi connectivity index (χ1v) is 4.42. The van der Waals surface area contributed by atoms with Gasteiger partial charge in [-0.05, 0) is 20.8 Å². The van der Waals surface area contributed by atoms with Gasteiger partial charge in [-0.1, -0.05) is 0 Å². The van der Waals surface area contributed by atoms with E-state index in [1.807, 2.05) is 13.8 Å². The number of pyridine rings is 1. The van der Waals surface area contributed by atoms with Gasteiger partial charge in [0.2, 0.25) is 5.43 Å². The molecule has 4 nitrogen and oxygen atoms in total. The molecular formula is C10H15NO3. The Morgan fingerprint density at radius 2 is 2.07 bits per heavy atom. The standard InChI is InChI=1S/C10H15NO3/c1-7-9(14)8(13)4-5-11(7)10(2,3)6-12/h4-5,12,14H,6H2,1-3H3. The van der Waals surface area contributed by atoms with E-state index in [0.717, 1.165) is 0 Å². The molecule has 1 aromatic heterocycles. The highest BCUT2D eigenvalue weighted by molar-refractivity contribution is 5.26. The SMILES string of the molecule is Cc1c(O)c(=O)ccn1C(C)(C)CO. The second kappa shape index (κ2) is 3.46. The van der Waals surface area contributed by atoms with Crippen molar-refractivity contribution >= 4 is 0 Å². The molecule has 0 aliphatic heterocycles. The molecule has 1 heterocycles. The first kappa shape index (κ1) is 10.8. The normalized spacial score (nSPS) is 11.7. The fraction of sp³-hybridized carbons (Fsp3) is 0.500. The third kappa shape index (κ3) is 1.65. The molecule has 0 saturated heterocycles. The fourth-order valence-electron chi connectivity index (χ4n) is 1.36. The number of rotatable bonds is 2. The molecule has 0 saturated carbocycles. The van der Waals surface area contributed by atoms with Gasteiger partial charge < -0.3 is 14.8 Å². The molecule has 0 unspecified atom stereocenters. The molecule has 0 bridgehead atoms. The summed E-state index contributed by atoms with van der Waals surface area (Å²) in [6, 6.07) is 1.29. The Morgan fingerprint density at radius 3 is 2.57 bits per heavy atom. The summed E-state index contributed by atoms with van der Waals surface area (Å²) in [6.07, 6.45) is 1.58. The van der Waals surface area contributed by atoms with E-state index in [0.29, 0.717) is 5.69 Å². The summed E-state index contributed by atoms with van der Waals surface area (Å²) in [5.41, 5.74) is -0.445. The lowest BCUT2D eigenvalue weighted by Crippen LogP contribution is -2.32. The minimum absolute atomic E-state index is 0.0594. The van der Waals surface area contributed by atoms with Crippen LogP contribution < -0.4 is 5.43 Å². The number of nitrogens with zero attached hydrogens (tertiary/aromatic N) is 1. The van der Waals surface area contributed by atoms with Gasteiger partial charge in [-0.3, -0.25) is 4.79 Å². The van der Waals surface area contributed by atoms with Crippen molar-refractivity contribution in [1.82, 2.24) is 4.57 Å². The maximum atomic E-state index is 11.1. The van der Waals surface area contributed by atoms with Crippen LogP contribution in [0.2, 0.25) is 0 Å². The lowest BCUT2D eigenvalue weighted by atomic mass is 10.1. The zero-order chi connectivity index (χ0) is 10.9. The zero-order valence-electron chi connectivity index (χ0n) is 8.61. The number of aromatic hydroxyl groups is 1. The highest BCUT2D eigenvalue weighted by Crippen LogP contribution is 2.19. The molecule has 1 rings (SSSR count). The molecule has 0 spiro atoms. The molecule has 14 heavy (non-hydrogen) atoms. The van der Waals surface area contributed by atoms with Crippen LogP contribution in [0.5, 0.6) is 5.75 Å². The largest absolute Gasteiger partial charge is 0.503 e. The molecule has 0 amide bonds. The molecule has 2 N–H and O–H groups in total. The van der Waals surface area contributed by atoms with E-state index >= 15 is 0 Å². The lowest BCUT2D eigenvalue weighted by Gasteiger charge is -2.28. The number of hydrogen-bond donors (Lipinski definition) is 2. The van der Waals surface area contributed by atoms with Crippen molar-refractivity contribution in [3.05, 3.63) is 28.2 Å². The second-order valence-corrected chi connectivity index (χ2v) is 3.95. The monoisotopic (exact) mass is 197 g/mol. The van der Waals surface area contributed by atoms with E-state index in [2.05, 4.69) is 0 Å².